The van der Waals surface area contributed by atoms with Crippen molar-refractivity contribution in [2.45, 2.75) is 31.5 Å². The lowest BCUT2D eigenvalue weighted by molar-refractivity contribution is 0.0358. The normalized spacial score (nSPS) is 34.2. The highest BCUT2D eigenvalue weighted by atomic mass is 32.2. The fourth-order valence-corrected chi connectivity index (χ4v) is 4.33. The summed E-state index contributed by atoms with van der Waals surface area (Å²) < 4.78 is 23.0. The van der Waals surface area contributed by atoms with Crippen LogP contribution in [0.1, 0.15) is 13.3 Å². The maximum absolute atomic E-state index is 11.5. The number of hydrogen-bond acceptors (Lipinski definition) is 5. The van der Waals surface area contributed by atoms with Gasteiger partial charge in [0, 0.05) is 19.1 Å². The molecule has 16 heavy (non-hydrogen) atoms. The number of rotatable bonds is 4. The van der Waals surface area contributed by atoms with Gasteiger partial charge in [-0.2, -0.15) is 0 Å². The molecular weight excluding hydrogens is 228 g/mol. The first-order chi connectivity index (χ1) is 7.53. The largest absolute Gasteiger partial charge is 0.390 e. The Kier molecular flexibility index (Phi) is 3.53. The highest BCUT2D eigenvalue weighted by Crippen LogP contribution is 2.22. The van der Waals surface area contributed by atoms with Crippen LogP contribution < -0.4 is 5.32 Å². The van der Waals surface area contributed by atoms with Gasteiger partial charge in [-0.3, -0.25) is 4.90 Å². The second-order valence-corrected chi connectivity index (χ2v) is 6.92. The van der Waals surface area contributed by atoms with Crippen molar-refractivity contribution in [2.24, 2.45) is 0 Å². The third-order valence-electron chi connectivity index (χ3n) is 3.43. The summed E-state index contributed by atoms with van der Waals surface area (Å²) >= 11 is 0. The van der Waals surface area contributed by atoms with Crippen LogP contribution >= 0.6 is 0 Å². The Labute approximate surface area is 96.7 Å². The van der Waals surface area contributed by atoms with Crippen LogP contribution in [-0.4, -0.2) is 67.8 Å². The van der Waals surface area contributed by atoms with E-state index in [0.717, 1.165) is 26.1 Å². The second-order valence-electron chi connectivity index (χ2n) is 4.76. The van der Waals surface area contributed by atoms with E-state index >= 15 is 0 Å². The molecule has 2 aliphatic heterocycles. The van der Waals surface area contributed by atoms with Gasteiger partial charge in [-0.25, -0.2) is 8.42 Å². The van der Waals surface area contributed by atoms with Crippen LogP contribution in [0.3, 0.4) is 0 Å². The zero-order chi connectivity index (χ0) is 11.8. The Balaban J connectivity index is 2.07. The van der Waals surface area contributed by atoms with Gasteiger partial charge in [0.05, 0.1) is 23.7 Å². The van der Waals surface area contributed by atoms with Crippen LogP contribution in [0.2, 0.25) is 0 Å². The van der Waals surface area contributed by atoms with E-state index in [9.17, 15) is 13.5 Å². The average Bonchev–Trinajstić information content (AvgIpc) is 2.36. The molecule has 0 aliphatic carbocycles. The molecule has 0 radical (unpaired) electrons. The second kappa shape index (κ2) is 4.60. The molecule has 0 aromatic heterocycles. The molecule has 2 aliphatic rings. The highest BCUT2D eigenvalue weighted by molar-refractivity contribution is 7.91. The third kappa shape index (κ3) is 2.40. The lowest BCUT2D eigenvalue weighted by Gasteiger charge is -2.42. The van der Waals surface area contributed by atoms with Gasteiger partial charge in [-0.1, -0.05) is 6.92 Å². The van der Waals surface area contributed by atoms with Gasteiger partial charge < -0.3 is 10.4 Å². The van der Waals surface area contributed by atoms with Crippen LogP contribution in [-0.2, 0) is 9.84 Å². The van der Waals surface area contributed by atoms with Crippen LogP contribution in [0.4, 0.5) is 0 Å². The van der Waals surface area contributed by atoms with E-state index in [-0.39, 0.29) is 17.5 Å². The molecule has 0 bridgehead atoms. The molecule has 6 heteroatoms. The molecule has 0 spiro atoms. The summed E-state index contributed by atoms with van der Waals surface area (Å²) in [4.78, 5) is 2.17. The molecule has 0 aromatic rings. The van der Waals surface area contributed by atoms with Crippen molar-refractivity contribution in [1.29, 1.82) is 0 Å². The number of hydrogen-bond donors (Lipinski definition) is 2. The fraction of sp³-hybridized carbons (Fsp3) is 1.00. The first-order valence-corrected chi connectivity index (χ1v) is 7.70. The van der Waals surface area contributed by atoms with Crippen molar-refractivity contribution < 1.29 is 13.5 Å². The Bertz CT molecular complexity index is 340. The summed E-state index contributed by atoms with van der Waals surface area (Å²) in [7, 11) is -3.04. The molecule has 2 saturated heterocycles. The predicted octanol–water partition coefficient (Wildman–Crippen LogP) is -1.17. The number of nitrogens with one attached hydrogen (secondary N) is 1. The smallest absolute Gasteiger partial charge is 0.154 e. The summed E-state index contributed by atoms with van der Waals surface area (Å²) in [6, 6.07) is 0.199. The zero-order valence-electron chi connectivity index (χ0n) is 9.59. The number of aliphatic hydroxyl groups is 1. The minimum atomic E-state index is -3.04. The van der Waals surface area contributed by atoms with Gasteiger partial charge in [-0.15, -0.1) is 0 Å². The minimum absolute atomic E-state index is 0.0714. The summed E-state index contributed by atoms with van der Waals surface area (Å²) in [5, 5.41) is 13.0. The molecule has 0 saturated carbocycles. The molecule has 94 valence electrons. The molecule has 5 nitrogen and oxygen atoms in total. The Hall–Kier alpha value is -0.170. The van der Waals surface area contributed by atoms with Gasteiger partial charge in [0.1, 0.15) is 0 Å². The van der Waals surface area contributed by atoms with E-state index in [1.165, 1.54) is 0 Å². The van der Waals surface area contributed by atoms with Crippen molar-refractivity contribution in [3.63, 3.8) is 0 Å². The average molecular weight is 248 g/mol. The monoisotopic (exact) mass is 248 g/mol. The molecule has 2 N–H and O–H groups in total. The third-order valence-corrected chi connectivity index (χ3v) is 5.13. The van der Waals surface area contributed by atoms with Gasteiger partial charge in [0.25, 0.3) is 0 Å². The predicted molar refractivity (Wildman–Crippen MR) is 62.1 cm³/mol. The van der Waals surface area contributed by atoms with Crippen LogP contribution in [0, 0.1) is 0 Å². The topological polar surface area (TPSA) is 69.6 Å². The van der Waals surface area contributed by atoms with E-state index in [1.807, 2.05) is 0 Å². The Morgan fingerprint density at radius 2 is 2.06 bits per heavy atom. The van der Waals surface area contributed by atoms with Crippen molar-refractivity contribution in [3.05, 3.63) is 0 Å². The van der Waals surface area contributed by atoms with Gasteiger partial charge in [-0.05, 0) is 13.0 Å². The highest BCUT2D eigenvalue weighted by Gasteiger charge is 2.42. The Morgan fingerprint density at radius 1 is 1.38 bits per heavy atom. The summed E-state index contributed by atoms with van der Waals surface area (Å²) in [6.07, 6.45) is 0.275. The standard InChI is InChI=1S/C10H20N2O3S/c1-2-3-12(8-4-11-5-8)9-6-16(14,15)7-10(9)13/h8-11,13H,2-7H2,1H3/t9-,10-/m1/s1. The maximum atomic E-state index is 11.5. The van der Waals surface area contributed by atoms with Crippen LogP contribution in [0.25, 0.3) is 0 Å². The number of sulfone groups is 1. The van der Waals surface area contributed by atoms with Crippen molar-refractivity contribution in [3.8, 4) is 0 Å². The maximum Gasteiger partial charge on any atom is 0.154 e. The molecule has 2 heterocycles. The van der Waals surface area contributed by atoms with Gasteiger partial charge in [0.15, 0.2) is 9.84 Å². The van der Waals surface area contributed by atoms with Crippen molar-refractivity contribution in [1.82, 2.24) is 10.2 Å². The molecule has 2 rings (SSSR count). The van der Waals surface area contributed by atoms with Gasteiger partial charge in [0.2, 0.25) is 0 Å². The summed E-state index contributed by atoms with van der Waals surface area (Å²) in [5.41, 5.74) is 0. The lowest BCUT2D eigenvalue weighted by Crippen LogP contribution is -2.62. The SMILES string of the molecule is CCCN(C1CNC1)[C@@H]1CS(=O)(=O)C[C@H]1O. The fourth-order valence-electron chi connectivity index (χ4n) is 2.51. The van der Waals surface area contributed by atoms with E-state index in [4.69, 9.17) is 0 Å². The number of aliphatic hydroxyl groups excluding tert-OH is 1. The van der Waals surface area contributed by atoms with Crippen LogP contribution in [0.5, 0.6) is 0 Å². The first kappa shape index (κ1) is 12.3. The van der Waals surface area contributed by atoms with E-state index in [1.54, 1.807) is 0 Å². The minimum Gasteiger partial charge on any atom is -0.390 e. The molecule has 0 amide bonds. The first-order valence-electron chi connectivity index (χ1n) is 5.88. The number of nitrogens with zero attached hydrogens (tertiary/aromatic N) is 1. The zero-order valence-corrected chi connectivity index (χ0v) is 10.4. The summed E-state index contributed by atoms with van der Waals surface area (Å²) in [6.45, 7) is 4.76. The molecule has 0 unspecified atom stereocenters. The van der Waals surface area contributed by atoms with Crippen molar-refractivity contribution >= 4 is 9.84 Å². The van der Waals surface area contributed by atoms with E-state index < -0.39 is 15.9 Å². The van der Waals surface area contributed by atoms with E-state index in [2.05, 4.69) is 17.1 Å². The van der Waals surface area contributed by atoms with Crippen molar-refractivity contribution in [2.75, 3.05) is 31.1 Å². The summed E-state index contributed by atoms with van der Waals surface area (Å²) in [5.74, 6) is 0.0443. The molecule has 2 fully saturated rings. The molecule has 0 aromatic carbocycles. The van der Waals surface area contributed by atoms with E-state index in [0.29, 0.717) is 6.04 Å². The molecule has 2 atom stereocenters. The molecular formula is C10H20N2O3S. The Morgan fingerprint density at radius 3 is 2.44 bits per heavy atom. The van der Waals surface area contributed by atoms with Crippen LogP contribution in [0.15, 0.2) is 0 Å². The van der Waals surface area contributed by atoms with Gasteiger partial charge >= 0.3 is 0 Å². The lowest BCUT2D eigenvalue weighted by atomic mass is 10.0. The quantitative estimate of drug-likeness (QED) is 0.656.